The third-order valence-corrected chi connectivity index (χ3v) is 4.32. The average Bonchev–Trinajstić information content (AvgIpc) is 3.13. The van der Waals surface area contributed by atoms with Gasteiger partial charge in [0.1, 0.15) is 0 Å². The molecule has 0 saturated heterocycles. The van der Waals surface area contributed by atoms with Gasteiger partial charge in [-0.05, 0) is 43.5 Å². The second-order valence-corrected chi connectivity index (χ2v) is 6.23. The van der Waals surface area contributed by atoms with Crippen molar-refractivity contribution in [3.63, 3.8) is 0 Å². The molecule has 1 unspecified atom stereocenters. The van der Waals surface area contributed by atoms with Gasteiger partial charge in [0.25, 0.3) is 0 Å². The predicted octanol–water partition coefficient (Wildman–Crippen LogP) is 1.35. The first-order valence-electron chi connectivity index (χ1n) is 6.10. The Morgan fingerprint density at radius 1 is 1.50 bits per heavy atom. The van der Waals surface area contributed by atoms with Crippen LogP contribution in [0.3, 0.4) is 0 Å². The molecule has 1 aliphatic rings. The number of carbonyl (C=O) groups is 1. The van der Waals surface area contributed by atoms with Crippen LogP contribution in [-0.2, 0) is 15.6 Å². The van der Waals surface area contributed by atoms with E-state index in [1.807, 2.05) is 13.0 Å². The van der Waals surface area contributed by atoms with Gasteiger partial charge in [-0.3, -0.25) is 9.00 Å². The maximum Gasteiger partial charge on any atom is 0.221 e. The van der Waals surface area contributed by atoms with E-state index >= 15 is 0 Å². The number of hydrogen-bond acceptors (Lipinski definition) is 3. The molecule has 1 saturated carbocycles. The highest BCUT2D eigenvalue weighted by Crippen LogP contribution is 2.19. The lowest BCUT2D eigenvalue weighted by molar-refractivity contribution is -0.120. The first kappa shape index (κ1) is 13.1. The number of aryl methyl sites for hydroxylation is 1. The zero-order valence-electron chi connectivity index (χ0n) is 10.4. The van der Waals surface area contributed by atoms with Crippen LogP contribution in [0.4, 0.5) is 5.69 Å². The maximum absolute atomic E-state index is 12.0. The topological polar surface area (TPSA) is 72.2 Å². The van der Waals surface area contributed by atoms with Crippen molar-refractivity contribution in [2.75, 3.05) is 11.5 Å². The zero-order valence-corrected chi connectivity index (χ0v) is 11.3. The van der Waals surface area contributed by atoms with Crippen LogP contribution in [-0.4, -0.2) is 21.9 Å². The Balaban J connectivity index is 1.86. The lowest BCUT2D eigenvalue weighted by Crippen LogP contribution is -2.26. The van der Waals surface area contributed by atoms with Crippen LogP contribution in [0.1, 0.15) is 24.8 Å². The van der Waals surface area contributed by atoms with E-state index in [9.17, 15) is 9.00 Å². The van der Waals surface area contributed by atoms with Crippen molar-refractivity contribution in [3.8, 4) is 0 Å². The van der Waals surface area contributed by atoms with E-state index in [0.29, 0.717) is 23.9 Å². The van der Waals surface area contributed by atoms with E-state index in [-0.39, 0.29) is 5.91 Å². The van der Waals surface area contributed by atoms with Crippen LogP contribution >= 0.6 is 0 Å². The fourth-order valence-corrected chi connectivity index (χ4v) is 2.76. The molecule has 2 rings (SSSR count). The number of carbonyl (C=O) groups excluding carboxylic acids is 1. The van der Waals surface area contributed by atoms with Crippen molar-refractivity contribution < 1.29 is 9.00 Å². The summed E-state index contributed by atoms with van der Waals surface area (Å²) in [5, 5.41) is 2.89. The smallest absolute Gasteiger partial charge is 0.221 e. The van der Waals surface area contributed by atoms with Gasteiger partial charge in [0.15, 0.2) is 0 Å². The fraction of sp³-hybridized carbons (Fsp3) is 0.462. The van der Waals surface area contributed by atoms with Crippen LogP contribution in [0.5, 0.6) is 0 Å². The largest absolute Gasteiger partial charge is 0.399 e. The van der Waals surface area contributed by atoms with Crippen LogP contribution in [0.25, 0.3) is 0 Å². The molecule has 1 aromatic rings. The number of rotatable bonds is 5. The minimum Gasteiger partial charge on any atom is -0.399 e. The maximum atomic E-state index is 12.0. The summed E-state index contributed by atoms with van der Waals surface area (Å²) in [6.45, 7) is 1.88. The zero-order chi connectivity index (χ0) is 13.1. The molecular weight excluding hydrogens is 248 g/mol. The van der Waals surface area contributed by atoms with E-state index < -0.39 is 10.8 Å². The predicted molar refractivity (Wildman–Crippen MR) is 72.6 cm³/mol. The molecule has 5 heteroatoms. The molecule has 0 spiro atoms. The molecule has 0 bridgehead atoms. The number of nitrogens with two attached hydrogens (primary N) is 1. The first-order valence-corrected chi connectivity index (χ1v) is 7.42. The quantitative estimate of drug-likeness (QED) is 0.790. The summed E-state index contributed by atoms with van der Waals surface area (Å²) in [4.78, 5) is 12.2. The molecule has 4 nitrogen and oxygen atoms in total. The van der Waals surface area contributed by atoms with E-state index in [0.717, 1.165) is 23.3 Å². The van der Waals surface area contributed by atoms with Gasteiger partial charge in [0.05, 0.1) is 10.8 Å². The van der Waals surface area contributed by atoms with Crippen molar-refractivity contribution in [3.05, 3.63) is 23.8 Å². The van der Waals surface area contributed by atoms with Gasteiger partial charge in [-0.15, -0.1) is 0 Å². The number of anilines is 1. The summed E-state index contributed by atoms with van der Waals surface area (Å²) >= 11 is 0. The third-order valence-electron chi connectivity index (χ3n) is 2.96. The lowest BCUT2D eigenvalue weighted by Gasteiger charge is -2.06. The molecule has 0 aromatic heterocycles. The van der Waals surface area contributed by atoms with E-state index in [1.54, 1.807) is 12.1 Å². The summed E-state index contributed by atoms with van der Waals surface area (Å²) < 4.78 is 12.0. The number of nitrogen functional groups attached to an aromatic ring is 1. The highest BCUT2D eigenvalue weighted by Gasteiger charge is 2.23. The second-order valence-electron chi connectivity index (χ2n) is 4.66. The minimum atomic E-state index is -1.13. The minimum absolute atomic E-state index is 0.00184. The Morgan fingerprint density at radius 3 is 2.83 bits per heavy atom. The molecule has 1 atom stereocenters. The normalized spacial score (nSPS) is 16.3. The summed E-state index contributed by atoms with van der Waals surface area (Å²) in [7, 11) is -1.13. The molecule has 1 fully saturated rings. The van der Waals surface area contributed by atoms with Crippen LogP contribution in [0.15, 0.2) is 23.1 Å². The molecule has 1 amide bonds. The highest BCUT2D eigenvalue weighted by molar-refractivity contribution is 7.85. The number of amides is 1. The molecular formula is C13H18N2O2S. The van der Waals surface area contributed by atoms with Crippen molar-refractivity contribution >= 4 is 22.4 Å². The molecule has 3 N–H and O–H groups in total. The van der Waals surface area contributed by atoms with Crippen LogP contribution in [0, 0.1) is 6.92 Å². The Morgan fingerprint density at radius 2 is 2.22 bits per heavy atom. The molecule has 1 aliphatic carbocycles. The van der Waals surface area contributed by atoms with Crippen LogP contribution < -0.4 is 11.1 Å². The number of hydrogen-bond donors (Lipinski definition) is 2. The van der Waals surface area contributed by atoms with Gasteiger partial charge in [0, 0.05) is 28.8 Å². The van der Waals surface area contributed by atoms with Crippen molar-refractivity contribution in [1.29, 1.82) is 0 Å². The van der Waals surface area contributed by atoms with Gasteiger partial charge in [-0.25, -0.2) is 0 Å². The highest BCUT2D eigenvalue weighted by atomic mass is 32.2. The Hall–Kier alpha value is -1.36. The number of benzene rings is 1. The van der Waals surface area contributed by atoms with Gasteiger partial charge in [-0.1, -0.05) is 0 Å². The first-order chi connectivity index (χ1) is 8.56. The Labute approximate surface area is 109 Å². The number of nitrogens with one attached hydrogen (secondary N) is 1. The van der Waals surface area contributed by atoms with Crippen molar-refractivity contribution in [1.82, 2.24) is 5.32 Å². The SMILES string of the molecule is Cc1cc(S(=O)CCC(=O)NC2CC2)ccc1N. The van der Waals surface area contributed by atoms with E-state index in [2.05, 4.69) is 5.32 Å². The summed E-state index contributed by atoms with van der Waals surface area (Å²) in [5.41, 5.74) is 7.33. The molecule has 0 radical (unpaired) electrons. The summed E-state index contributed by atoms with van der Waals surface area (Å²) in [5.74, 6) is 0.361. The summed E-state index contributed by atoms with van der Waals surface area (Å²) in [6.07, 6.45) is 2.46. The Bertz CT molecular complexity index is 484. The van der Waals surface area contributed by atoms with Crippen LogP contribution in [0.2, 0.25) is 0 Å². The van der Waals surface area contributed by atoms with Gasteiger partial charge >= 0.3 is 0 Å². The molecule has 18 heavy (non-hydrogen) atoms. The molecule has 0 heterocycles. The third kappa shape index (κ3) is 3.57. The van der Waals surface area contributed by atoms with Gasteiger partial charge < -0.3 is 11.1 Å². The van der Waals surface area contributed by atoms with Gasteiger partial charge in [-0.2, -0.15) is 0 Å². The monoisotopic (exact) mass is 266 g/mol. The van der Waals surface area contributed by atoms with Gasteiger partial charge in [0.2, 0.25) is 5.91 Å². The van der Waals surface area contributed by atoms with E-state index in [4.69, 9.17) is 5.73 Å². The van der Waals surface area contributed by atoms with Crippen molar-refractivity contribution in [2.45, 2.75) is 37.1 Å². The standard InChI is InChI=1S/C13H18N2O2S/c1-9-8-11(4-5-12(9)14)18(17)7-6-13(16)15-10-2-3-10/h4-5,8,10H,2-3,6-7,14H2,1H3,(H,15,16). The lowest BCUT2D eigenvalue weighted by atomic mass is 10.2. The molecule has 1 aromatic carbocycles. The second kappa shape index (κ2) is 5.52. The van der Waals surface area contributed by atoms with Crippen molar-refractivity contribution in [2.24, 2.45) is 0 Å². The fourth-order valence-electron chi connectivity index (χ4n) is 1.62. The van der Waals surface area contributed by atoms with E-state index in [1.165, 1.54) is 0 Å². The Kier molecular flexibility index (Phi) is 4.01. The molecule has 0 aliphatic heterocycles. The summed E-state index contributed by atoms with van der Waals surface area (Å²) in [6, 6.07) is 5.71. The molecule has 98 valence electrons. The average molecular weight is 266 g/mol.